The Hall–Kier alpha value is -1.12. The molecule has 0 aliphatic heterocycles. The first-order chi connectivity index (χ1) is 13.6. The molecule has 1 N–H and O–H groups in total. The van der Waals surface area contributed by atoms with Crippen molar-refractivity contribution in [2.45, 2.75) is 96.6 Å². The largest absolute Gasteiger partial charge is 0.494 e. The van der Waals surface area contributed by atoms with Crippen molar-refractivity contribution in [2.75, 3.05) is 6.61 Å². The molecule has 0 spiro atoms. The van der Waals surface area contributed by atoms with Gasteiger partial charge >= 0.3 is 5.97 Å². The van der Waals surface area contributed by atoms with Gasteiger partial charge in [0.15, 0.2) is 16.6 Å². The lowest BCUT2D eigenvalue weighted by molar-refractivity contribution is 0.0697. The van der Waals surface area contributed by atoms with Gasteiger partial charge in [0.2, 0.25) is 0 Å². The molecule has 1 rings (SSSR count). The van der Waals surface area contributed by atoms with Crippen LogP contribution in [0.5, 0.6) is 5.75 Å². The van der Waals surface area contributed by atoms with Crippen LogP contribution in [0.1, 0.15) is 68.1 Å². The van der Waals surface area contributed by atoms with Crippen LogP contribution < -0.4 is 4.74 Å². The minimum atomic E-state index is -1.44. The van der Waals surface area contributed by atoms with Crippen molar-refractivity contribution >= 4 is 22.6 Å². The molecule has 0 aromatic heterocycles. The molecule has 29 heavy (non-hydrogen) atoms. The predicted molar refractivity (Wildman–Crippen MR) is 127 cm³/mol. The summed E-state index contributed by atoms with van der Waals surface area (Å²) in [6.07, 6.45) is 11.5. The first-order valence-electron chi connectivity index (χ1n) is 11.3. The Labute approximate surface area is 180 Å². The van der Waals surface area contributed by atoms with Crippen LogP contribution in [-0.4, -0.2) is 34.3 Å². The van der Waals surface area contributed by atoms with E-state index in [0.717, 1.165) is 12.2 Å². The number of hydrogen-bond donors (Lipinski definition) is 1. The van der Waals surface area contributed by atoms with Gasteiger partial charge in [-0.3, -0.25) is 0 Å². The SMILES string of the molecule is C[Si](C)(C)O[Si](C)(C)CCCCCCCCCCCOc1ccc(C(=O)O)cc1. The minimum Gasteiger partial charge on any atom is -0.494 e. The molecular weight excluding hydrogens is 396 g/mol. The van der Waals surface area contributed by atoms with Crippen LogP contribution in [0, 0.1) is 0 Å². The van der Waals surface area contributed by atoms with Crippen LogP contribution in [0.4, 0.5) is 0 Å². The maximum Gasteiger partial charge on any atom is 0.335 e. The van der Waals surface area contributed by atoms with E-state index in [9.17, 15) is 4.79 Å². The normalized spacial score (nSPS) is 12.2. The maximum absolute atomic E-state index is 10.8. The summed E-state index contributed by atoms with van der Waals surface area (Å²) in [4.78, 5) is 10.8. The van der Waals surface area contributed by atoms with Crippen LogP contribution in [0.2, 0.25) is 38.8 Å². The number of carboxylic acid groups (broad SMARTS) is 1. The molecule has 0 aliphatic rings. The highest BCUT2D eigenvalue weighted by molar-refractivity contribution is 6.84. The summed E-state index contributed by atoms with van der Waals surface area (Å²) in [6.45, 7) is 12.3. The first kappa shape index (κ1) is 25.9. The number of benzene rings is 1. The number of carbonyl (C=O) groups is 1. The third-order valence-electron chi connectivity index (χ3n) is 4.88. The second kappa shape index (κ2) is 13.2. The lowest BCUT2D eigenvalue weighted by Crippen LogP contribution is -2.42. The summed E-state index contributed by atoms with van der Waals surface area (Å²) >= 11 is 0. The number of unbranched alkanes of at least 4 members (excludes halogenated alkanes) is 8. The van der Waals surface area contributed by atoms with Gasteiger partial charge in [0.25, 0.3) is 0 Å². The van der Waals surface area contributed by atoms with Crippen molar-refractivity contribution in [1.29, 1.82) is 0 Å². The van der Waals surface area contributed by atoms with Crippen molar-refractivity contribution in [2.24, 2.45) is 0 Å². The van der Waals surface area contributed by atoms with E-state index in [1.165, 1.54) is 57.4 Å². The van der Waals surface area contributed by atoms with E-state index in [0.29, 0.717) is 12.2 Å². The number of rotatable bonds is 16. The fourth-order valence-electron chi connectivity index (χ4n) is 3.65. The monoisotopic (exact) mass is 438 g/mol. The number of carboxylic acids is 1. The van der Waals surface area contributed by atoms with Crippen LogP contribution >= 0.6 is 0 Å². The molecular formula is C23H42O4Si2. The molecule has 0 unspecified atom stereocenters. The zero-order valence-electron chi connectivity index (χ0n) is 19.3. The Bertz CT molecular complexity index is 580. The summed E-state index contributed by atoms with van der Waals surface area (Å²) < 4.78 is 12.1. The lowest BCUT2D eigenvalue weighted by atomic mass is 10.1. The molecule has 1 aromatic carbocycles. The summed E-state index contributed by atoms with van der Waals surface area (Å²) in [5.41, 5.74) is 0.294. The fourth-order valence-corrected chi connectivity index (χ4v) is 11.8. The molecule has 0 heterocycles. The molecule has 6 heteroatoms. The maximum atomic E-state index is 10.8. The van der Waals surface area contributed by atoms with Gasteiger partial charge < -0.3 is 14.0 Å². The fraction of sp³-hybridized carbons (Fsp3) is 0.696. The second-order valence-electron chi connectivity index (χ2n) is 9.58. The van der Waals surface area contributed by atoms with Gasteiger partial charge in [-0.15, -0.1) is 0 Å². The highest BCUT2D eigenvalue weighted by Crippen LogP contribution is 2.22. The van der Waals surface area contributed by atoms with E-state index in [4.69, 9.17) is 14.0 Å². The van der Waals surface area contributed by atoms with Gasteiger partial charge in [0.05, 0.1) is 12.2 Å². The van der Waals surface area contributed by atoms with Crippen molar-refractivity contribution in [3.8, 4) is 5.75 Å². The van der Waals surface area contributed by atoms with E-state index >= 15 is 0 Å². The number of hydrogen-bond acceptors (Lipinski definition) is 3. The van der Waals surface area contributed by atoms with E-state index in [1.807, 2.05) is 0 Å². The molecule has 0 atom stereocenters. The molecule has 0 radical (unpaired) electrons. The molecule has 4 nitrogen and oxygen atoms in total. The molecule has 0 aliphatic carbocycles. The quantitative estimate of drug-likeness (QED) is 0.217. The Balaban J connectivity index is 1.93. The summed E-state index contributed by atoms with van der Waals surface area (Å²) in [6, 6.07) is 7.92. The van der Waals surface area contributed by atoms with Gasteiger partial charge in [-0.05, 0) is 69.5 Å². The van der Waals surface area contributed by atoms with Crippen LogP contribution in [-0.2, 0) is 4.12 Å². The first-order valence-corrected chi connectivity index (χ1v) is 17.8. The van der Waals surface area contributed by atoms with Gasteiger partial charge in [-0.2, -0.15) is 0 Å². The third kappa shape index (κ3) is 13.7. The standard InChI is InChI=1S/C23H42O4Si2/c1-28(2,3)27-29(4,5)20-14-12-10-8-6-7-9-11-13-19-26-22-17-15-21(16-18-22)23(24)25/h15-18H,6-14,19-20H2,1-5H3,(H,24,25). The summed E-state index contributed by atoms with van der Waals surface area (Å²) in [7, 11) is -2.83. The smallest absolute Gasteiger partial charge is 0.335 e. The average Bonchev–Trinajstić information content (AvgIpc) is 2.61. The molecule has 0 fully saturated rings. The van der Waals surface area contributed by atoms with Crippen LogP contribution in [0.3, 0.4) is 0 Å². The van der Waals surface area contributed by atoms with Gasteiger partial charge in [-0.25, -0.2) is 4.79 Å². The van der Waals surface area contributed by atoms with E-state index in [-0.39, 0.29) is 0 Å². The van der Waals surface area contributed by atoms with Crippen molar-refractivity contribution in [3.05, 3.63) is 29.8 Å². The Morgan fingerprint density at radius 2 is 1.28 bits per heavy atom. The highest BCUT2D eigenvalue weighted by atomic mass is 28.4. The molecule has 1 aromatic rings. The van der Waals surface area contributed by atoms with Gasteiger partial charge in [0, 0.05) is 0 Å². The molecule has 0 saturated heterocycles. The Morgan fingerprint density at radius 1 is 0.793 bits per heavy atom. The van der Waals surface area contributed by atoms with Crippen LogP contribution in [0.25, 0.3) is 0 Å². The highest BCUT2D eigenvalue weighted by Gasteiger charge is 2.28. The molecule has 166 valence electrons. The second-order valence-corrected chi connectivity index (χ2v) is 18.6. The Kier molecular flexibility index (Phi) is 11.8. The van der Waals surface area contributed by atoms with E-state index in [1.54, 1.807) is 24.3 Å². The van der Waals surface area contributed by atoms with Crippen molar-refractivity contribution in [3.63, 3.8) is 0 Å². The molecule has 0 saturated carbocycles. The zero-order valence-corrected chi connectivity index (χ0v) is 21.3. The molecule has 0 amide bonds. The number of aromatic carboxylic acids is 1. The molecule has 0 bridgehead atoms. The van der Waals surface area contributed by atoms with Crippen molar-refractivity contribution < 1.29 is 18.8 Å². The van der Waals surface area contributed by atoms with Crippen LogP contribution in [0.15, 0.2) is 24.3 Å². The Morgan fingerprint density at radius 3 is 1.76 bits per heavy atom. The minimum absolute atomic E-state index is 0.294. The summed E-state index contributed by atoms with van der Waals surface area (Å²) in [5.74, 6) is -0.158. The topological polar surface area (TPSA) is 55.8 Å². The predicted octanol–water partition coefficient (Wildman–Crippen LogP) is 7.33. The zero-order chi connectivity index (χ0) is 21.8. The average molecular weight is 439 g/mol. The summed E-state index contributed by atoms with van der Waals surface area (Å²) in [5, 5.41) is 8.88. The van der Waals surface area contributed by atoms with E-state index < -0.39 is 22.6 Å². The van der Waals surface area contributed by atoms with Gasteiger partial charge in [-0.1, -0.05) is 51.4 Å². The van der Waals surface area contributed by atoms with Crippen molar-refractivity contribution in [1.82, 2.24) is 0 Å². The lowest BCUT2D eigenvalue weighted by Gasteiger charge is -2.31. The number of ether oxygens (including phenoxy) is 1. The third-order valence-corrected chi connectivity index (χ3v) is 11.1. The van der Waals surface area contributed by atoms with Gasteiger partial charge in [0.1, 0.15) is 5.75 Å². The van der Waals surface area contributed by atoms with E-state index in [2.05, 4.69) is 32.7 Å².